The molecule has 1 N–H and O–H groups in total. The van der Waals surface area contributed by atoms with Gasteiger partial charge >= 0.3 is 10.1 Å². The summed E-state index contributed by atoms with van der Waals surface area (Å²) in [6.45, 7) is 1.93. The van der Waals surface area contributed by atoms with E-state index in [2.05, 4.69) is 0 Å². The molecule has 0 radical (unpaired) electrons. The third-order valence-electron chi connectivity index (χ3n) is 2.34. The largest absolute Gasteiger partial charge is 0.381 e. The van der Waals surface area contributed by atoms with E-state index in [1.165, 1.54) is 18.2 Å². The van der Waals surface area contributed by atoms with E-state index in [9.17, 15) is 16.8 Å². The van der Waals surface area contributed by atoms with Crippen LogP contribution in [0.15, 0.2) is 29.2 Å². The number of unbranched alkanes of at least 4 members (excludes halogenated alkanes) is 2. The van der Waals surface area contributed by atoms with Crippen LogP contribution in [0.3, 0.4) is 0 Å². The molecule has 8 heteroatoms. The van der Waals surface area contributed by atoms with Crippen molar-refractivity contribution in [2.75, 3.05) is 5.75 Å². The fraction of sp³-hybridized carbons (Fsp3) is 0.455. The first-order valence-electron chi connectivity index (χ1n) is 5.75. The Kier molecular flexibility index (Phi) is 5.33. The lowest BCUT2D eigenvalue weighted by Crippen LogP contribution is -2.15. The quantitative estimate of drug-likeness (QED) is 0.469. The molecular weight excluding hydrogens is 292 g/mol. The number of benzene rings is 1. The van der Waals surface area contributed by atoms with Crippen LogP contribution in [-0.4, -0.2) is 27.1 Å². The van der Waals surface area contributed by atoms with E-state index in [1.807, 2.05) is 6.92 Å². The highest BCUT2D eigenvalue weighted by atomic mass is 32.2. The number of rotatable bonds is 7. The molecule has 0 heterocycles. The Morgan fingerprint density at radius 2 is 1.74 bits per heavy atom. The van der Waals surface area contributed by atoms with Gasteiger partial charge in [-0.25, -0.2) is 0 Å². The van der Waals surface area contributed by atoms with E-state index in [-0.39, 0.29) is 11.5 Å². The molecular formula is C11H16O6S2. The van der Waals surface area contributed by atoms with E-state index in [0.29, 0.717) is 6.42 Å². The molecule has 0 saturated carbocycles. The van der Waals surface area contributed by atoms with Gasteiger partial charge in [-0.05, 0) is 18.6 Å². The maximum atomic E-state index is 11.7. The van der Waals surface area contributed by atoms with E-state index in [4.69, 9.17) is 8.74 Å². The summed E-state index contributed by atoms with van der Waals surface area (Å²) >= 11 is 0. The van der Waals surface area contributed by atoms with Crippen molar-refractivity contribution in [2.24, 2.45) is 0 Å². The van der Waals surface area contributed by atoms with E-state index >= 15 is 0 Å². The Hall–Kier alpha value is -1.12. The molecule has 0 amide bonds. The Morgan fingerprint density at radius 3 is 2.32 bits per heavy atom. The molecule has 0 unspecified atom stereocenters. The maximum absolute atomic E-state index is 11.7. The van der Waals surface area contributed by atoms with Gasteiger partial charge in [0.1, 0.15) is 4.90 Å². The fourth-order valence-electron chi connectivity index (χ4n) is 1.44. The first kappa shape index (κ1) is 15.9. The summed E-state index contributed by atoms with van der Waals surface area (Å²) in [7, 11) is -8.39. The SMILES string of the molecule is CCCCCS(=O)(=O)Oc1ccccc1S(=O)(=O)O. The maximum Gasteiger partial charge on any atom is 0.309 e. The summed E-state index contributed by atoms with van der Waals surface area (Å²) < 4.78 is 59.2. The molecule has 6 nitrogen and oxygen atoms in total. The summed E-state index contributed by atoms with van der Waals surface area (Å²) in [5.41, 5.74) is 0. The lowest BCUT2D eigenvalue weighted by molar-refractivity contribution is 0.462. The van der Waals surface area contributed by atoms with Crippen molar-refractivity contribution in [3.8, 4) is 5.75 Å². The van der Waals surface area contributed by atoms with Crippen LogP contribution in [-0.2, 0) is 20.2 Å². The summed E-state index contributed by atoms with van der Waals surface area (Å²) in [6.07, 6.45) is 2.03. The lowest BCUT2D eigenvalue weighted by Gasteiger charge is -2.09. The topological polar surface area (TPSA) is 97.7 Å². The molecule has 0 aliphatic rings. The minimum atomic E-state index is -4.52. The number of para-hydroxylation sites is 1. The molecule has 19 heavy (non-hydrogen) atoms. The van der Waals surface area contributed by atoms with Gasteiger partial charge in [-0.15, -0.1) is 0 Å². The predicted molar refractivity (Wildman–Crippen MR) is 70.2 cm³/mol. The van der Waals surface area contributed by atoms with Crippen LogP contribution >= 0.6 is 0 Å². The molecule has 0 aromatic heterocycles. The molecule has 0 aliphatic heterocycles. The standard InChI is InChI=1S/C11H16O6S2/c1-2-3-6-9-18(12,13)17-10-7-4-5-8-11(10)19(14,15)16/h4-5,7-8H,2-3,6,9H2,1H3,(H,14,15,16). The summed E-state index contributed by atoms with van der Waals surface area (Å²) in [6, 6.07) is 5.04. The monoisotopic (exact) mass is 308 g/mol. The Morgan fingerprint density at radius 1 is 1.11 bits per heavy atom. The molecule has 0 saturated heterocycles. The van der Waals surface area contributed by atoms with E-state index in [1.54, 1.807) is 0 Å². The zero-order valence-corrected chi connectivity index (χ0v) is 12.1. The molecule has 1 rings (SSSR count). The van der Waals surface area contributed by atoms with Gasteiger partial charge < -0.3 is 4.18 Å². The van der Waals surface area contributed by atoms with Crippen molar-refractivity contribution in [1.82, 2.24) is 0 Å². The predicted octanol–water partition coefficient (Wildman–Crippen LogP) is 1.83. The highest BCUT2D eigenvalue weighted by Crippen LogP contribution is 2.24. The number of hydrogen-bond acceptors (Lipinski definition) is 5. The van der Waals surface area contributed by atoms with Gasteiger partial charge in [-0.2, -0.15) is 16.8 Å². The van der Waals surface area contributed by atoms with Crippen LogP contribution in [0.4, 0.5) is 0 Å². The second kappa shape index (κ2) is 6.36. The van der Waals surface area contributed by atoms with Crippen molar-refractivity contribution in [2.45, 2.75) is 31.1 Å². The van der Waals surface area contributed by atoms with Crippen LogP contribution in [0.5, 0.6) is 5.75 Å². The van der Waals surface area contributed by atoms with Gasteiger partial charge in [0.25, 0.3) is 10.1 Å². The lowest BCUT2D eigenvalue weighted by atomic mass is 10.3. The zero-order chi connectivity index (χ0) is 14.5. The Labute approximate surface area is 113 Å². The Bertz CT molecular complexity index is 618. The van der Waals surface area contributed by atoms with Gasteiger partial charge in [0.2, 0.25) is 0 Å². The smallest absolute Gasteiger partial charge is 0.309 e. The van der Waals surface area contributed by atoms with Crippen molar-refractivity contribution in [3.63, 3.8) is 0 Å². The highest BCUT2D eigenvalue weighted by Gasteiger charge is 2.20. The third kappa shape index (κ3) is 5.17. The van der Waals surface area contributed by atoms with Crippen LogP contribution in [0.25, 0.3) is 0 Å². The van der Waals surface area contributed by atoms with Crippen LogP contribution < -0.4 is 4.18 Å². The molecule has 1 aromatic rings. The van der Waals surface area contributed by atoms with E-state index < -0.39 is 25.1 Å². The second-order valence-corrected chi connectivity index (χ2v) is 7.05. The highest BCUT2D eigenvalue weighted by molar-refractivity contribution is 7.87. The summed E-state index contributed by atoms with van der Waals surface area (Å²) in [4.78, 5) is -0.561. The van der Waals surface area contributed by atoms with Crippen LogP contribution in [0.2, 0.25) is 0 Å². The van der Waals surface area contributed by atoms with Crippen molar-refractivity contribution >= 4 is 20.2 Å². The zero-order valence-electron chi connectivity index (χ0n) is 10.4. The average Bonchev–Trinajstić information content (AvgIpc) is 2.27. The first-order chi connectivity index (χ1) is 8.76. The molecule has 0 fully saturated rings. The molecule has 0 atom stereocenters. The summed E-state index contributed by atoms with van der Waals surface area (Å²) in [5, 5.41) is 0. The third-order valence-corrected chi connectivity index (χ3v) is 4.46. The van der Waals surface area contributed by atoms with Crippen LogP contribution in [0.1, 0.15) is 26.2 Å². The van der Waals surface area contributed by atoms with Gasteiger partial charge in [0, 0.05) is 0 Å². The van der Waals surface area contributed by atoms with Gasteiger partial charge in [-0.3, -0.25) is 4.55 Å². The van der Waals surface area contributed by atoms with Gasteiger partial charge in [-0.1, -0.05) is 31.9 Å². The molecule has 0 aliphatic carbocycles. The number of hydrogen-bond donors (Lipinski definition) is 1. The second-order valence-electron chi connectivity index (χ2n) is 3.97. The molecule has 1 aromatic carbocycles. The average molecular weight is 308 g/mol. The van der Waals surface area contributed by atoms with Gasteiger partial charge in [0.05, 0.1) is 5.75 Å². The molecule has 0 bridgehead atoms. The molecule has 108 valence electrons. The van der Waals surface area contributed by atoms with Crippen molar-refractivity contribution in [3.05, 3.63) is 24.3 Å². The van der Waals surface area contributed by atoms with Crippen molar-refractivity contribution in [1.29, 1.82) is 0 Å². The summed E-state index contributed by atoms with van der Waals surface area (Å²) in [5.74, 6) is -0.581. The minimum absolute atomic E-state index is 0.194. The Balaban J connectivity index is 2.94. The first-order valence-corrected chi connectivity index (χ1v) is 8.76. The van der Waals surface area contributed by atoms with E-state index in [0.717, 1.165) is 18.9 Å². The van der Waals surface area contributed by atoms with Crippen molar-refractivity contribution < 1.29 is 25.6 Å². The fourth-order valence-corrected chi connectivity index (χ4v) is 3.17. The van der Waals surface area contributed by atoms with Crippen LogP contribution in [0, 0.1) is 0 Å². The van der Waals surface area contributed by atoms with Gasteiger partial charge in [0.15, 0.2) is 5.75 Å². The minimum Gasteiger partial charge on any atom is -0.381 e. The normalized spacial score (nSPS) is 12.3. The molecule has 0 spiro atoms.